The Hall–Kier alpha value is -2.14. The smallest absolute Gasteiger partial charge is 0.318 e. The Morgan fingerprint density at radius 2 is 1.85 bits per heavy atom. The van der Waals surface area contributed by atoms with Crippen LogP contribution >= 0.6 is 11.8 Å². The maximum atomic E-state index is 12.9. The summed E-state index contributed by atoms with van der Waals surface area (Å²) in [5, 5.41) is 3.89. The molecule has 0 N–H and O–H groups in total. The molecule has 0 aliphatic heterocycles. The van der Waals surface area contributed by atoms with Crippen molar-refractivity contribution in [3.05, 3.63) is 53.0 Å². The highest BCUT2D eigenvalue weighted by molar-refractivity contribution is 8.03. The summed E-state index contributed by atoms with van der Waals surface area (Å²) >= 11 is 1.70. The Kier molecular flexibility index (Phi) is 6.45. The second-order valence-electron chi connectivity index (χ2n) is 6.58. The van der Waals surface area contributed by atoms with E-state index in [1.807, 2.05) is 24.3 Å². The third kappa shape index (κ3) is 4.94. The highest BCUT2D eigenvalue weighted by Gasteiger charge is 2.28. The molecule has 0 radical (unpaired) electrons. The summed E-state index contributed by atoms with van der Waals surface area (Å²) in [6.07, 6.45) is 12.7. The molecule has 2 aliphatic rings. The van der Waals surface area contributed by atoms with E-state index < -0.39 is 5.97 Å². The van der Waals surface area contributed by atoms with Crippen molar-refractivity contribution in [2.75, 3.05) is 0 Å². The number of Topliss-reactive ketones (excluding diaryl/α,β-unsaturated/α-hetero) is 1. The average Bonchev–Trinajstić information content (AvgIpc) is 3.17. The summed E-state index contributed by atoms with van der Waals surface area (Å²) in [5.74, 6) is -0.575. The third-order valence-corrected chi connectivity index (χ3v) is 5.61. The number of allylic oxidation sites excluding steroid dienone is 3. The Balaban J connectivity index is 1.74. The van der Waals surface area contributed by atoms with Gasteiger partial charge in [0.25, 0.3) is 0 Å². The van der Waals surface area contributed by atoms with Crippen molar-refractivity contribution < 1.29 is 14.4 Å². The van der Waals surface area contributed by atoms with Crippen LogP contribution in [0.2, 0.25) is 0 Å². The zero-order chi connectivity index (χ0) is 18.4. The molecular weight excluding hydrogens is 346 g/mol. The van der Waals surface area contributed by atoms with Crippen LogP contribution in [0.3, 0.4) is 0 Å². The summed E-state index contributed by atoms with van der Waals surface area (Å²) in [4.78, 5) is 31.1. The molecule has 0 saturated heterocycles. The number of oxime groups is 1. The minimum Gasteiger partial charge on any atom is -0.318 e. The van der Waals surface area contributed by atoms with Gasteiger partial charge in [0, 0.05) is 28.2 Å². The molecule has 0 heterocycles. The topological polar surface area (TPSA) is 55.7 Å². The van der Waals surface area contributed by atoms with Gasteiger partial charge >= 0.3 is 5.97 Å². The lowest BCUT2D eigenvalue weighted by Gasteiger charge is -2.12. The Labute approximate surface area is 158 Å². The molecule has 0 bridgehead atoms. The Morgan fingerprint density at radius 1 is 1.12 bits per heavy atom. The molecule has 2 aliphatic carbocycles. The number of nitrogens with zero attached hydrogens (tertiary/aromatic N) is 1. The number of benzene rings is 1. The van der Waals surface area contributed by atoms with Gasteiger partial charge in [0.05, 0.1) is 0 Å². The van der Waals surface area contributed by atoms with Crippen molar-refractivity contribution in [2.45, 2.75) is 50.3 Å². The fourth-order valence-corrected chi connectivity index (χ4v) is 4.15. The Bertz CT molecular complexity index is 756. The average molecular weight is 369 g/mol. The quantitative estimate of drug-likeness (QED) is 0.295. The van der Waals surface area contributed by atoms with E-state index >= 15 is 0 Å². The van der Waals surface area contributed by atoms with E-state index in [9.17, 15) is 9.59 Å². The van der Waals surface area contributed by atoms with Crippen LogP contribution in [0, 0.1) is 5.92 Å². The van der Waals surface area contributed by atoms with Crippen molar-refractivity contribution in [3.8, 4) is 0 Å². The Morgan fingerprint density at radius 3 is 2.46 bits per heavy atom. The van der Waals surface area contributed by atoms with Gasteiger partial charge in [-0.15, -0.1) is 0 Å². The molecule has 1 saturated carbocycles. The van der Waals surface area contributed by atoms with Gasteiger partial charge in [-0.25, -0.2) is 4.79 Å². The number of thioether (sulfide) groups is 1. The SMILES string of the molecule is CC(=O)O/N=C(/C(=O)c1ccc(SC2=CCCC=C2)cc1)C1CCCC1. The second-order valence-corrected chi connectivity index (χ2v) is 7.73. The van der Waals surface area contributed by atoms with Crippen molar-refractivity contribution in [3.63, 3.8) is 0 Å². The zero-order valence-electron chi connectivity index (χ0n) is 14.9. The largest absolute Gasteiger partial charge is 0.331 e. The number of hydrogen-bond acceptors (Lipinski definition) is 5. The van der Waals surface area contributed by atoms with Gasteiger partial charge in [0.1, 0.15) is 5.71 Å². The molecule has 4 nitrogen and oxygen atoms in total. The monoisotopic (exact) mass is 369 g/mol. The first-order valence-electron chi connectivity index (χ1n) is 9.08. The highest BCUT2D eigenvalue weighted by atomic mass is 32.2. The minimum absolute atomic E-state index is 0.0773. The lowest BCUT2D eigenvalue weighted by atomic mass is 9.94. The second kappa shape index (κ2) is 8.99. The van der Waals surface area contributed by atoms with E-state index in [-0.39, 0.29) is 11.7 Å². The van der Waals surface area contributed by atoms with Crippen molar-refractivity contribution in [1.82, 2.24) is 0 Å². The van der Waals surface area contributed by atoms with Crippen LogP contribution < -0.4 is 0 Å². The van der Waals surface area contributed by atoms with Crippen LogP contribution in [-0.4, -0.2) is 17.5 Å². The summed E-state index contributed by atoms with van der Waals surface area (Å²) in [7, 11) is 0. The van der Waals surface area contributed by atoms with Gasteiger partial charge < -0.3 is 4.84 Å². The number of carbonyl (C=O) groups is 2. The lowest BCUT2D eigenvalue weighted by Crippen LogP contribution is -2.23. The molecule has 0 spiro atoms. The molecule has 3 rings (SSSR count). The minimum atomic E-state index is -0.506. The van der Waals surface area contributed by atoms with E-state index in [4.69, 9.17) is 4.84 Å². The number of hydrogen-bond donors (Lipinski definition) is 0. The molecule has 0 aromatic heterocycles. The maximum absolute atomic E-state index is 12.9. The van der Waals surface area contributed by atoms with Gasteiger partial charge in [0.2, 0.25) is 5.78 Å². The van der Waals surface area contributed by atoms with Crippen LogP contribution in [0.4, 0.5) is 0 Å². The zero-order valence-corrected chi connectivity index (χ0v) is 15.8. The number of ketones is 1. The first-order valence-corrected chi connectivity index (χ1v) is 9.90. The fourth-order valence-electron chi connectivity index (χ4n) is 3.24. The van der Waals surface area contributed by atoms with Gasteiger partial charge in [-0.05, 0) is 49.9 Å². The molecule has 0 amide bonds. The summed E-state index contributed by atoms with van der Waals surface area (Å²) in [5.41, 5.74) is 0.955. The standard InChI is InChI=1S/C21H23NO3S/c1-15(23)25-22-20(16-7-5-6-8-16)21(24)17-11-13-19(14-12-17)26-18-9-3-2-4-10-18/h3,9-14,16H,2,4-8H2,1H3/b22-20+. The van der Waals surface area contributed by atoms with E-state index in [1.165, 1.54) is 11.8 Å². The molecule has 1 fully saturated rings. The van der Waals surface area contributed by atoms with Gasteiger partial charge in [-0.1, -0.05) is 48.0 Å². The number of carbonyl (C=O) groups excluding carboxylic acids is 2. The van der Waals surface area contributed by atoms with Crippen LogP contribution in [0.15, 0.2) is 57.4 Å². The molecule has 0 unspecified atom stereocenters. The van der Waals surface area contributed by atoms with E-state index in [2.05, 4.69) is 23.4 Å². The third-order valence-electron chi connectivity index (χ3n) is 4.56. The lowest BCUT2D eigenvalue weighted by molar-refractivity contribution is -0.140. The van der Waals surface area contributed by atoms with Crippen LogP contribution in [0.1, 0.15) is 55.8 Å². The summed E-state index contributed by atoms with van der Waals surface area (Å²) in [6, 6.07) is 7.57. The molecule has 5 heteroatoms. The van der Waals surface area contributed by atoms with Crippen LogP contribution in [-0.2, 0) is 9.63 Å². The molecule has 1 aromatic carbocycles. The molecule has 136 valence electrons. The molecule has 0 atom stereocenters. The van der Waals surface area contributed by atoms with Crippen molar-refractivity contribution >= 4 is 29.2 Å². The van der Waals surface area contributed by atoms with E-state index in [0.717, 1.165) is 43.4 Å². The van der Waals surface area contributed by atoms with E-state index in [1.54, 1.807) is 11.8 Å². The highest BCUT2D eigenvalue weighted by Crippen LogP contribution is 2.31. The van der Waals surface area contributed by atoms with Gasteiger partial charge in [0.15, 0.2) is 0 Å². The van der Waals surface area contributed by atoms with Gasteiger partial charge in [-0.3, -0.25) is 4.79 Å². The predicted octanol–water partition coefficient (Wildman–Crippen LogP) is 5.30. The molecule has 1 aromatic rings. The van der Waals surface area contributed by atoms with Crippen molar-refractivity contribution in [2.24, 2.45) is 11.1 Å². The normalized spacial score (nSPS) is 17.9. The fraction of sp³-hybridized carbons (Fsp3) is 0.381. The summed E-state index contributed by atoms with van der Waals surface area (Å²) in [6.45, 7) is 1.29. The molecular formula is C21H23NO3S. The van der Waals surface area contributed by atoms with Crippen LogP contribution in [0.25, 0.3) is 0 Å². The van der Waals surface area contributed by atoms with E-state index in [0.29, 0.717) is 11.3 Å². The van der Waals surface area contributed by atoms with Gasteiger partial charge in [-0.2, -0.15) is 0 Å². The first kappa shape index (κ1) is 18.6. The van der Waals surface area contributed by atoms with Crippen molar-refractivity contribution in [1.29, 1.82) is 0 Å². The predicted molar refractivity (Wildman–Crippen MR) is 104 cm³/mol. The molecule has 26 heavy (non-hydrogen) atoms. The number of rotatable bonds is 6. The maximum Gasteiger partial charge on any atom is 0.331 e. The first-order chi connectivity index (χ1) is 12.6. The van der Waals surface area contributed by atoms with Crippen LogP contribution in [0.5, 0.6) is 0 Å². The summed E-state index contributed by atoms with van der Waals surface area (Å²) < 4.78 is 0.